The molecule has 2 amide bonds. The predicted molar refractivity (Wildman–Crippen MR) is 131 cm³/mol. The van der Waals surface area contributed by atoms with E-state index < -0.39 is 6.04 Å². The van der Waals surface area contributed by atoms with Crippen LogP contribution in [0.2, 0.25) is 0 Å². The highest BCUT2D eigenvalue weighted by Crippen LogP contribution is 2.18. The lowest BCUT2D eigenvalue weighted by molar-refractivity contribution is -0.141. The van der Waals surface area contributed by atoms with Gasteiger partial charge in [-0.1, -0.05) is 50.1 Å². The van der Waals surface area contributed by atoms with Crippen molar-refractivity contribution < 1.29 is 19.1 Å². The van der Waals surface area contributed by atoms with Crippen molar-refractivity contribution in [2.24, 2.45) is 0 Å². The molecule has 6 nitrogen and oxygen atoms in total. The third-order valence-corrected chi connectivity index (χ3v) is 5.55. The Bertz CT molecular complexity index is 849. The van der Waals surface area contributed by atoms with E-state index in [-0.39, 0.29) is 11.8 Å². The number of amides is 2. The van der Waals surface area contributed by atoms with Gasteiger partial charge in [0.25, 0.3) is 0 Å². The smallest absolute Gasteiger partial charge is 0.242 e. The van der Waals surface area contributed by atoms with E-state index in [1.807, 2.05) is 62.4 Å². The highest BCUT2D eigenvalue weighted by molar-refractivity contribution is 5.87. The topological polar surface area (TPSA) is 67.9 Å². The number of methoxy groups -OCH3 is 1. The second-order valence-electron chi connectivity index (χ2n) is 8.20. The van der Waals surface area contributed by atoms with E-state index in [0.29, 0.717) is 39.0 Å². The van der Waals surface area contributed by atoms with Crippen LogP contribution in [-0.2, 0) is 16.1 Å². The lowest BCUT2D eigenvalue weighted by atomic mass is 10.1. The molecular weight excluding hydrogens is 416 g/mol. The molecule has 0 aliphatic rings. The van der Waals surface area contributed by atoms with Crippen LogP contribution in [0.4, 0.5) is 0 Å². The van der Waals surface area contributed by atoms with Crippen LogP contribution >= 0.6 is 0 Å². The van der Waals surface area contributed by atoms with Gasteiger partial charge in [-0.3, -0.25) is 9.59 Å². The highest BCUT2D eigenvalue weighted by Gasteiger charge is 2.28. The number of aryl methyl sites for hydroxylation is 1. The van der Waals surface area contributed by atoms with Gasteiger partial charge in [0.15, 0.2) is 0 Å². The van der Waals surface area contributed by atoms with Crippen molar-refractivity contribution in [2.45, 2.75) is 65.5 Å². The number of unbranched alkanes of at least 4 members (excludes halogenated alkanes) is 1. The van der Waals surface area contributed by atoms with Crippen molar-refractivity contribution in [3.05, 3.63) is 59.7 Å². The van der Waals surface area contributed by atoms with Crippen molar-refractivity contribution in [3.63, 3.8) is 0 Å². The zero-order valence-corrected chi connectivity index (χ0v) is 20.4. The van der Waals surface area contributed by atoms with Crippen molar-refractivity contribution in [1.82, 2.24) is 10.2 Å². The average Bonchev–Trinajstić information content (AvgIpc) is 2.83. The van der Waals surface area contributed by atoms with E-state index in [9.17, 15) is 9.59 Å². The first-order valence-corrected chi connectivity index (χ1v) is 11.9. The monoisotopic (exact) mass is 454 g/mol. The summed E-state index contributed by atoms with van der Waals surface area (Å²) in [5.41, 5.74) is 2.18. The van der Waals surface area contributed by atoms with E-state index in [2.05, 4.69) is 12.2 Å². The van der Waals surface area contributed by atoms with Crippen molar-refractivity contribution in [2.75, 3.05) is 20.3 Å². The number of hydrogen-bond acceptors (Lipinski definition) is 4. The summed E-state index contributed by atoms with van der Waals surface area (Å²) < 4.78 is 10.9. The Morgan fingerprint density at radius 2 is 1.64 bits per heavy atom. The number of nitrogens with zero attached hydrogens (tertiary/aromatic N) is 1. The highest BCUT2D eigenvalue weighted by atomic mass is 16.5. The first-order valence-electron chi connectivity index (χ1n) is 11.9. The van der Waals surface area contributed by atoms with Gasteiger partial charge >= 0.3 is 0 Å². The second kappa shape index (κ2) is 14.2. The molecule has 0 heterocycles. The van der Waals surface area contributed by atoms with Gasteiger partial charge in [-0.2, -0.15) is 0 Å². The number of benzene rings is 2. The number of rotatable bonds is 14. The summed E-state index contributed by atoms with van der Waals surface area (Å²) in [7, 11) is 1.62. The Kier molecular flexibility index (Phi) is 11.3. The molecule has 0 saturated heterocycles. The summed E-state index contributed by atoms with van der Waals surface area (Å²) >= 11 is 0. The molecule has 0 aliphatic heterocycles. The minimum atomic E-state index is -0.488. The molecule has 1 unspecified atom stereocenters. The summed E-state index contributed by atoms with van der Waals surface area (Å²) in [6, 6.07) is 15.0. The number of hydrogen-bond donors (Lipinski definition) is 1. The molecule has 0 spiro atoms. The number of carbonyl (C=O) groups excluding carboxylic acids is 2. The van der Waals surface area contributed by atoms with Crippen LogP contribution in [0.5, 0.6) is 11.5 Å². The summed E-state index contributed by atoms with van der Waals surface area (Å²) in [6.07, 6.45) is 3.40. The van der Waals surface area contributed by atoms with E-state index in [0.717, 1.165) is 35.5 Å². The zero-order valence-electron chi connectivity index (χ0n) is 20.4. The van der Waals surface area contributed by atoms with Gasteiger partial charge in [0, 0.05) is 19.5 Å². The van der Waals surface area contributed by atoms with Crippen LogP contribution in [-0.4, -0.2) is 43.0 Å². The Morgan fingerprint density at radius 3 is 2.24 bits per heavy atom. The summed E-state index contributed by atoms with van der Waals surface area (Å²) in [6.45, 7) is 7.55. The summed E-state index contributed by atoms with van der Waals surface area (Å²) in [5, 5.41) is 3.00. The maximum Gasteiger partial charge on any atom is 0.242 e. The fourth-order valence-corrected chi connectivity index (χ4v) is 3.54. The Labute approximate surface area is 198 Å². The first-order chi connectivity index (χ1) is 16.0. The summed E-state index contributed by atoms with van der Waals surface area (Å²) in [5.74, 6) is 1.39. The molecular formula is C27H38N2O4. The molecule has 6 heteroatoms. The lowest BCUT2D eigenvalue weighted by Crippen LogP contribution is -2.49. The van der Waals surface area contributed by atoms with Crippen molar-refractivity contribution in [1.29, 1.82) is 0 Å². The Morgan fingerprint density at radius 1 is 0.970 bits per heavy atom. The molecule has 2 aromatic carbocycles. The molecule has 180 valence electrons. The van der Waals surface area contributed by atoms with E-state index in [1.54, 1.807) is 12.0 Å². The van der Waals surface area contributed by atoms with Crippen LogP contribution in [0.25, 0.3) is 0 Å². The number of ether oxygens (including phenoxy) is 2. The molecule has 0 aromatic heterocycles. The first kappa shape index (κ1) is 26.2. The molecule has 2 aromatic rings. The SMILES string of the molecule is CCCCNC(=O)C(CC)N(Cc1ccc(C)cc1)C(=O)CCCOc1ccc(OC)cc1. The van der Waals surface area contributed by atoms with E-state index in [1.165, 1.54) is 0 Å². The molecule has 0 bridgehead atoms. The molecule has 0 saturated carbocycles. The van der Waals surface area contributed by atoms with Crippen LogP contribution < -0.4 is 14.8 Å². The quantitative estimate of drug-likeness (QED) is 0.413. The Balaban J connectivity index is 2.00. The molecule has 0 aliphatic carbocycles. The van der Waals surface area contributed by atoms with E-state index in [4.69, 9.17) is 9.47 Å². The number of nitrogens with one attached hydrogen (secondary N) is 1. The molecule has 0 fully saturated rings. The van der Waals surface area contributed by atoms with Gasteiger partial charge in [-0.15, -0.1) is 0 Å². The van der Waals surface area contributed by atoms with Crippen molar-refractivity contribution in [3.8, 4) is 11.5 Å². The van der Waals surface area contributed by atoms with Gasteiger partial charge < -0.3 is 19.7 Å². The van der Waals surface area contributed by atoms with Gasteiger partial charge in [0.2, 0.25) is 11.8 Å². The Hall–Kier alpha value is -3.02. The van der Waals surface area contributed by atoms with E-state index >= 15 is 0 Å². The molecule has 33 heavy (non-hydrogen) atoms. The maximum absolute atomic E-state index is 13.2. The normalized spacial score (nSPS) is 11.5. The molecule has 2 rings (SSSR count). The average molecular weight is 455 g/mol. The largest absolute Gasteiger partial charge is 0.497 e. The third-order valence-electron chi connectivity index (χ3n) is 5.55. The van der Waals surface area contributed by atoms with Gasteiger partial charge in [0.05, 0.1) is 13.7 Å². The molecule has 1 atom stereocenters. The number of carbonyl (C=O) groups is 2. The van der Waals surface area contributed by atoms with Crippen molar-refractivity contribution >= 4 is 11.8 Å². The fraction of sp³-hybridized carbons (Fsp3) is 0.481. The zero-order chi connectivity index (χ0) is 24.1. The van der Waals surface area contributed by atoms with Crippen LogP contribution in [0.3, 0.4) is 0 Å². The third kappa shape index (κ3) is 8.79. The minimum absolute atomic E-state index is 0.0357. The van der Waals surface area contributed by atoms with Crippen LogP contribution in [0, 0.1) is 6.92 Å². The maximum atomic E-state index is 13.2. The summed E-state index contributed by atoms with van der Waals surface area (Å²) in [4.78, 5) is 27.8. The van der Waals surface area contributed by atoms with Crippen LogP contribution in [0.1, 0.15) is 57.1 Å². The minimum Gasteiger partial charge on any atom is -0.497 e. The second-order valence-corrected chi connectivity index (χ2v) is 8.20. The molecule has 1 N–H and O–H groups in total. The molecule has 0 radical (unpaired) electrons. The van der Waals surface area contributed by atoms with Gasteiger partial charge in [-0.25, -0.2) is 0 Å². The fourth-order valence-electron chi connectivity index (χ4n) is 3.54. The predicted octanol–water partition coefficient (Wildman–Crippen LogP) is 4.89. The standard InChI is InChI=1S/C27H38N2O4/c1-5-7-18-28-27(31)25(6-2)29(20-22-12-10-21(3)11-13-22)26(30)9-8-19-33-24-16-14-23(32-4)15-17-24/h10-17,25H,5-9,18-20H2,1-4H3,(H,28,31). The van der Waals surface area contributed by atoms with Crippen LogP contribution in [0.15, 0.2) is 48.5 Å². The van der Waals surface area contributed by atoms with Gasteiger partial charge in [0.1, 0.15) is 17.5 Å². The van der Waals surface area contributed by atoms with Gasteiger partial charge in [-0.05, 0) is 56.0 Å². The lowest BCUT2D eigenvalue weighted by Gasteiger charge is -2.31.